The first-order chi connectivity index (χ1) is 8.86. The molecule has 0 spiro atoms. The minimum absolute atomic E-state index is 0.0674. The van der Waals surface area contributed by atoms with Crippen LogP contribution in [-0.4, -0.2) is 29.2 Å². The summed E-state index contributed by atoms with van der Waals surface area (Å²) in [6.45, 7) is 7.25. The molecule has 0 aliphatic rings. The summed E-state index contributed by atoms with van der Waals surface area (Å²) in [5.74, 6) is -1.16. The number of nitrogen functional groups attached to an aromatic ring is 1. The van der Waals surface area contributed by atoms with E-state index in [1.54, 1.807) is 17.7 Å². The maximum atomic E-state index is 12.0. The van der Waals surface area contributed by atoms with Gasteiger partial charge < -0.3 is 19.8 Å². The minimum Gasteiger partial charge on any atom is -0.463 e. The fourth-order valence-corrected chi connectivity index (χ4v) is 1.62. The summed E-state index contributed by atoms with van der Waals surface area (Å²) in [7, 11) is 0. The Morgan fingerprint density at radius 1 is 1.37 bits per heavy atom. The maximum absolute atomic E-state index is 12.0. The molecule has 2 N–H and O–H groups in total. The van der Waals surface area contributed by atoms with Crippen LogP contribution in [0.5, 0.6) is 0 Å². The molecule has 1 atom stereocenters. The second-order valence-corrected chi connectivity index (χ2v) is 4.46. The third kappa shape index (κ3) is 3.74. The number of nitrogens with zero attached hydrogens (tertiary/aromatic N) is 1. The molecule has 6 nitrogen and oxygen atoms in total. The number of carbonyl (C=O) groups is 2. The van der Waals surface area contributed by atoms with Crippen molar-refractivity contribution in [1.29, 1.82) is 0 Å². The number of carbonyl (C=O) groups excluding carboxylic acids is 2. The Morgan fingerprint density at radius 3 is 2.53 bits per heavy atom. The molecule has 0 fully saturated rings. The van der Waals surface area contributed by atoms with Gasteiger partial charge in [0.25, 0.3) is 0 Å². The van der Waals surface area contributed by atoms with Gasteiger partial charge in [-0.25, -0.2) is 9.59 Å². The molecule has 0 aromatic carbocycles. The SMILES string of the molecule is CCOC(=O)C(C)OC(=O)c1cc(N)cn1C(C)C. The van der Waals surface area contributed by atoms with E-state index in [0.717, 1.165) is 0 Å². The van der Waals surface area contributed by atoms with Gasteiger partial charge in [0.05, 0.1) is 12.3 Å². The number of aromatic nitrogens is 1. The van der Waals surface area contributed by atoms with Crippen molar-refractivity contribution in [3.05, 3.63) is 18.0 Å². The second kappa shape index (κ2) is 6.26. The number of esters is 2. The van der Waals surface area contributed by atoms with E-state index in [-0.39, 0.29) is 12.6 Å². The molecule has 1 aromatic rings. The second-order valence-electron chi connectivity index (χ2n) is 4.46. The third-order valence-electron chi connectivity index (χ3n) is 2.54. The molecule has 19 heavy (non-hydrogen) atoms. The van der Waals surface area contributed by atoms with Crippen molar-refractivity contribution in [3.63, 3.8) is 0 Å². The molecular weight excluding hydrogens is 248 g/mol. The van der Waals surface area contributed by atoms with Gasteiger partial charge in [0.2, 0.25) is 0 Å². The standard InChI is InChI=1S/C13H20N2O4/c1-5-18-12(16)9(4)19-13(17)11-6-10(14)7-15(11)8(2)3/h6-9H,5,14H2,1-4H3. The Morgan fingerprint density at radius 2 is 2.00 bits per heavy atom. The number of rotatable bonds is 5. The lowest BCUT2D eigenvalue weighted by Gasteiger charge is -2.15. The highest BCUT2D eigenvalue weighted by Gasteiger charge is 2.23. The molecule has 0 aliphatic heterocycles. The Labute approximate surface area is 112 Å². The summed E-state index contributed by atoms with van der Waals surface area (Å²) in [6.07, 6.45) is 0.722. The zero-order chi connectivity index (χ0) is 14.6. The number of hydrogen-bond acceptors (Lipinski definition) is 5. The van der Waals surface area contributed by atoms with Crippen LogP contribution in [0.2, 0.25) is 0 Å². The first-order valence-corrected chi connectivity index (χ1v) is 6.21. The highest BCUT2D eigenvalue weighted by Crippen LogP contribution is 2.18. The summed E-state index contributed by atoms with van der Waals surface area (Å²) < 4.78 is 11.5. The van der Waals surface area contributed by atoms with Crippen LogP contribution >= 0.6 is 0 Å². The molecule has 0 saturated heterocycles. The Kier molecular flexibility index (Phi) is 4.97. The number of anilines is 1. The Balaban J connectivity index is 2.81. The highest BCUT2D eigenvalue weighted by atomic mass is 16.6. The smallest absolute Gasteiger partial charge is 0.355 e. The number of hydrogen-bond donors (Lipinski definition) is 1. The lowest BCUT2D eigenvalue weighted by Crippen LogP contribution is -2.27. The first kappa shape index (κ1) is 15.1. The number of nitrogens with two attached hydrogens (primary N) is 1. The molecule has 0 amide bonds. The van der Waals surface area contributed by atoms with Gasteiger partial charge in [-0.1, -0.05) is 0 Å². The zero-order valence-corrected chi connectivity index (χ0v) is 11.7. The monoisotopic (exact) mass is 268 g/mol. The van der Waals surface area contributed by atoms with E-state index in [4.69, 9.17) is 15.2 Å². The van der Waals surface area contributed by atoms with Crippen molar-refractivity contribution in [1.82, 2.24) is 4.57 Å². The van der Waals surface area contributed by atoms with Crippen molar-refractivity contribution in [3.8, 4) is 0 Å². The van der Waals surface area contributed by atoms with Gasteiger partial charge in [-0.2, -0.15) is 0 Å². The first-order valence-electron chi connectivity index (χ1n) is 6.21. The van der Waals surface area contributed by atoms with E-state index < -0.39 is 18.0 Å². The molecule has 0 saturated carbocycles. The fourth-order valence-electron chi connectivity index (χ4n) is 1.62. The molecule has 6 heteroatoms. The summed E-state index contributed by atoms with van der Waals surface area (Å²) in [5.41, 5.74) is 6.47. The fraction of sp³-hybridized carbons (Fsp3) is 0.538. The maximum Gasteiger partial charge on any atom is 0.355 e. The number of ether oxygens (including phenoxy) is 2. The van der Waals surface area contributed by atoms with Crippen LogP contribution in [0.15, 0.2) is 12.3 Å². The summed E-state index contributed by atoms with van der Waals surface area (Å²) in [5, 5.41) is 0. The van der Waals surface area contributed by atoms with Gasteiger partial charge >= 0.3 is 11.9 Å². The average molecular weight is 268 g/mol. The van der Waals surface area contributed by atoms with Gasteiger partial charge in [0.1, 0.15) is 5.69 Å². The lowest BCUT2D eigenvalue weighted by molar-refractivity contribution is -0.152. The van der Waals surface area contributed by atoms with Crippen LogP contribution in [0.25, 0.3) is 0 Å². The minimum atomic E-state index is -0.941. The van der Waals surface area contributed by atoms with Gasteiger partial charge in [0.15, 0.2) is 6.10 Å². The molecule has 1 rings (SSSR count). The van der Waals surface area contributed by atoms with E-state index in [1.807, 2.05) is 13.8 Å². The summed E-state index contributed by atoms with van der Waals surface area (Å²) in [6, 6.07) is 1.60. The molecule has 0 bridgehead atoms. The molecule has 1 aromatic heterocycles. The third-order valence-corrected chi connectivity index (χ3v) is 2.54. The van der Waals surface area contributed by atoms with Gasteiger partial charge in [-0.15, -0.1) is 0 Å². The van der Waals surface area contributed by atoms with Crippen molar-refractivity contribution in [2.24, 2.45) is 0 Å². The van der Waals surface area contributed by atoms with Crippen LogP contribution in [0.4, 0.5) is 5.69 Å². The van der Waals surface area contributed by atoms with Gasteiger partial charge in [-0.05, 0) is 33.8 Å². The normalized spacial score (nSPS) is 12.3. The van der Waals surface area contributed by atoms with Crippen LogP contribution < -0.4 is 5.73 Å². The predicted molar refractivity (Wildman–Crippen MR) is 70.7 cm³/mol. The highest BCUT2D eigenvalue weighted by molar-refractivity contribution is 5.91. The molecule has 0 radical (unpaired) electrons. The van der Waals surface area contributed by atoms with Crippen molar-refractivity contribution in [2.45, 2.75) is 39.8 Å². The molecule has 1 unspecified atom stereocenters. The average Bonchev–Trinajstić information content (AvgIpc) is 2.71. The van der Waals surface area contributed by atoms with Crippen molar-refractivity contribution < 1.29 is 19.1 Å². The van der Waals surface area contributed by atoms with Crippen LogP contribution in [-0.2, 0) is 14.3 Å². The summed E-state index contributed by atoms with van der Waals surface area (Å²) >= 11 is 0. The molecule has 106 valence electrons. The predicted octanol–water partition coefficient (Wildman–Crippen LogP) is 1.76. The molecule has 0 aliphatic carbocycles. The van der Waals surface area contributed by atoms with Crippen molar-refractivity contribution >= 4 is 17.6 Å². The van der Waals surface area contributed by atoms with E-state index in [0.29, 0.717) is 11.4 Å². The molecule has 1 heterocycles. The topological polar surface area (TPSA) is 83.6 Å². The Bertz CT molecular complexity index is 465. The van der Waals surface area contributed by atoms with Gasteiger partial charge in [-0.3, -0.25) is 0 Å². The summed E-state index contributed by atoms with van der Waals surface area (Å²) in [4.78, 5) is 23.4. The lowest BCUT2D eigenvalue weighted by atomic mass is 10.3. The van der Waals surface area contributed by atoms with Gasteiger partial charge in [0, 0.05) is 12.2 Å². The van der Waals surface area contributed by atoms with E-state index in [2.05, 4.69) is 0 Å². The van der Waals surface area contributed by atoms with Crippen LogP contribution in [0.3, 0.4) is 0 Å². The quantitative estimate of drug-likeness (QED) is 0.823. The van der Waals surface area contributed by atoms with Crippen molar-refractivity contribution in [2.75, 3.05) is 12.3 Å². The van der Waals surface area contributed by atoms with E-state index >= 15 is 0 Å². The van der Waals surface area contributed by atoms with Crippen LogP contribution in [0.1, 0.15) is 44.2 Å². The van der Waals surface area contributed by atoms with E-state index in [9.17, 15) is 9.59 Å². The molecular formula is C13H20N2O4. The van der Waals surface area contributed by atoms with Crippen LogP contribution in [0, 0.1) is 0 Å². The van der Waals surface area contributed by atoms with E-state index in [1.165, 1.54) is 13.0 Å². The Hall–Kier alpha value is -1.98. The zero-order valence-electron chi connectivity index (χ0n) is 11.7. The largest absolute Gasteiger partial charge is 0.463 e.